The zero-order chi connectivity index (χ0) is 23.0. The molecule has 1 N–H and O–H groups in total. The molecule has 0 aromatic heterocycles. The molecule has 166 valence electrons. The molecule has 0 fully saturated rings. The summed E-state index contributed by atoms with van der Waals surface area (Å²) < 4.78 is 38.6. The minimum absolute atomic E-state index is 0.0461. The molecule has 7 nitrogen and oxygen atoms in total. The van der Waals surface area contributed by atoms with Gasteiger partial charge >= 0.3 is 12.6 Å². The van der Waals surface area contributed by atoms with Crippen LogP contribution in [0.5, 0.6) is 11.5 Å². The second-order valence-electron chi connectivity index (χ2n) is 6.90. The van der Waals surface area contributed by atoms with E-state index < -0.39 is 37.6 Å². The quantitative estimate of drug-likeness (QED) is 0.606. The van der Waals surface area contributed by atoms with Gasteiger partial charge in [-0.1, -0.05) is 19.9 Å². The minimum Gasteiger partial charge on any atom is -0.482 e. The summed E-state index contributed by atoms with van der Waals surface area (Å²) in [6, 6.07) is 10.2. The summed E-state index contributed by atoms with van der Waals surface area (Å²) >= 11 is 0. The van der Waals surface area contributed by atoms with E-state index >= 15 is 0 Å². The van der Waals surface area contributed by atoms with E-state index in [0.717, 1.165) is 5.56 Å². The molecule has 0 saturated carbocycles. The number of hydrogen-bond acceptors (Lipinski definition) is 6. The fourth-order valence-electron chi connectivity index (χ4n) is 2.74. The van der Waals surface area contributed by atoms with Crippen molar-refractivity contribution in [2.24, 2.45) is 0 Å². The Bertz CT molecular complexity index is 928. The molecule has 0 unspecified atom stereocenters. The number of esters is 1. The number of alkyl halides is 2. The Morgan fingerprint density at radius 1 is 0.968 bits per heavy atom. The first-order chi connectivity index (χ1) is 14.7. The van der Waals surface area contributed by atoms with E-state index in [1.54, 1.807) is 6.07 Å². The monoisotopic (exact) mass is 435 g/mol. The van der Waals surface area contributed by atoms with Gasteiger partial charge in [0.15, 0.2) is 13.2 Å². The van der Waals surface area contributed by atoms with Crippen LogP contribution < -0.4 is 14.8 Å². The predicted octanol–water partition coefficient (Wildman–Crippen LogP) is 3.60. The highest BCUT2D eigenvalue weighted by Gasteiger charge is 2.14. The van der Waals surface area contributed by atoms with Crippen molar-refractivity contribution in [3.8, 4) is 11.5 Å². The topological polar surface area (TPSA) is 90.9 Å². The van der Waals surface area contributed by atoms with Gasteiger partial charge in [0, 0.05) is 5.56 Å². The molecular formula is C22H23F2NO6. The highest BCUT2D eigenvalue weighted by Crippen LogP contribution is 2.23. The number of ether oxygens (including phenoxy) is 3. The van der Waals surface area contributed by atoms with Crippen LogP contribution in [-0.4, -0.2) is 37.6 Å². The number of halogens is 2. The summed E-state index contributed by atoms with van der Waals surface area (Å²) in [6.07, 6.45) is 0. The largest absolute Gasteiger partial charge is 0.482 e. The van der Waals surface area contributed by atoms with Crippen LogP contribution in [0.4, 0.5) is 8.78 Å². The third-order valence-corrected chi connectivity index (χ3v) is 4.18. The first kappa shape index (κ1) is 23.8. The van der Waals surface area contributed by atoms with Crippen LogP contribution in [0.3, 0.4) is 0 Å². The van der Waals surface area contributed by atoms with Crippen molar-refractivity contribution in [1.82, 2.24) is 5.32 Å². The van der Waals surface area contributed by atoms with Crippen molar-refractivity contribution >= 4 is 17.8 Å². The number of imide groups is 1. The second kappa shape index (κ2) is 11.1. The average molecular weight is 435 g/mol. The Hall–Kier alpha value is -3.49. The molecule has 0 atom stereocenters. The van der Waals surface area contributed by atoms with Crippen molar-refractivity contribution in [3.63, 3.8) is 0 Å². The number of aryl methyl sites for hydroxylation is 1. The molecule has 0 aliphatic heterocycles. The molecule has 0 aliphatic carbocycles. The second-order valence-corrected chi connectivity index (χ2v) is 6.90. The number of rotatable bonds is 9. The molecule has 2 aromatic carbocycles. The molecule has 2 amide bonds. The standard InChI is InChI=1S/C22H23F2NO6/c1-13(2)18-9-8-17(10-14(18)3)29-12-20(27)30-11-19(26)25-21(28)15-4-6-16(7-5-15)31-22(23)24/h4-10,13,22H,11-12H2,1-3H3,(H,25,26,28). The first-order valence-corrected chi connectivity index (χ1v) is 9.43. The molecule has 0 aliphatic rings. The van der Waals surface area contributed by atoms with Gasteiger partial charge in [0.1, 0.15) is 11.5 Å². The average Bonchev–Trinajstić information content (AvgIpc) is 2.70. The van der Waals surface area contributed by atoms with Crippen molar-refractivity contribution in [1.29, 1.82) is 0 Å². The van der Waals surface area contributed by atoms with E-state index in [4.69, 9.17) is 9.47 Å². The van der Waals surface area contributed by atoms with Gasteiger partial charge in [0.05, 0.1) is 0 Å². The summed E-state index contributed by atoms with van der Waals surface area (Å²) in [6.45, 7) is 2.04. The SMILES string of the molecule is Cc1cc(OCC(=O)OCC(=O)NC(=O)c2ccc(OC(F)F)cc2)ccc1C(C)C. The van der Waals surface area contributed by atoms with Crippen molar-refractivity contribution < 1.29 is 37.4 Å². The zero-order valence-corrected chi connectivity index (χ0v) is 17.3. The van der Waals surface area contributed by atoms with E-state index in [2.05, 4.69) is 18.6 Å². The lowest BCUT2D eigenvalue weighted by molar-refractivity contribution is -0.150. The van der Waals surface area contributed by atoms with Gasteiger partial charge < -0.3 is 14.2 Å². The maximum Gasteiger partial charge on any atom is 0.387 e. The predicted molar refractivity (Wildman–Crippen MR) is 107 cm³/mol. The highest BCUT2D eigenvalue weighted by atomic mass is 19.3. The molecular weight excluding hydrogens is 412 g/mol. The summed E-state index contributed by atoms with van der Waals surface area (Å²) in [4.78, 5) is 35.5. The van der Waals surface area contributed by atoms with Gasteiger partial charge in [-0.3, -0.25) is 14.9 Å². The molecule has 2 rings (SSSR count). The van der Waals surface area contributed by atoms with Crippen molar-refractivity contribution in [2.45, 2.75) is 33.3 Å². The van der Waals surface area contributed by atoms with Gasteiger partial charge in [-0.25, -0.2) is 4.79 Å². The van der Waals surface area contributed by atoms with Crippen molar-refractivity contribution in [3.05, 3.63) is 59.2 Å². The fourth-order valence-corrected chi connectivity index (χ4v) is 2.74. The van der Waals surface area contributed by atoms with E-state index in [1.165, 1.54) is 29.8 Å². The lowest BCUT2D eigenvalue weighted by atomic mass is 9.98. The Kier molecular flexibility index (Phi) is 8.48. The summed E-state index contributed by atoms with van der Waals surface area (Å²) in [5, 5.41) is 2.02. The fraction of sp³-hybridized carbons (Fsp3) is 0.318. The molecule has 9 heteroatoms. The van der Waals surface area contributed by atoms with Gasteiger partial charge in [-0.15, -0.1) is 0 Å². The van der Waals surface area contributed by atoms with Crippen LogP contribution >= 0.6 is 0 Å². The minimum atomic E-state index is -2.98. The lowest BCUT2D eigenvalue weighted by Gasteiger charge is -2.12. The van der Waals surface area contributed by atoms with Gasteiger partial charge in [-0.2, -0.15) is 8.78 Å². The number of amides is 2. The van der Waals surface area contributed by atoms with Gasteiger partial charge in [-0.05, 0) is 60.4 Å². The highest BCUT2D eigenvalue weighted by molar-refractivity contribution is 6.05. The molecule has 0 saturated heterocycles. The first-order valence-electron chi connectivity index (χ1n) is 9.43. The third kappa shape index (κ3) is 7.69. The smallest absolute Gasteiger partial charge is 0.387 e. The molecule has 0 bridgehead atoms. The normalized spacial score (nSPS) is 10.7. The molecule has 31 heavy (non-hydrogen) atoms. The van der Waals surface area contributed by atoms with E-state index in [1.807, 2.05) is 24.4 Å². The van der Waals surface area contributed by atoms with Gasteiger partial charge in [0.2, 0.25) is 0 Å². The van der Waals surface area contributed by atoms with E-state index in [-0.39, 0.29) is 11.3 Å². The van der Waals surface area contributed by atoms with Crippen LogP contribution in [0, 0.1) is 6.92 Å². The molecule has 2 aromatic rings. The Morgan fingerprint density at radius 3 is 2.19 bits per heavy atom. The van der Waals surface area contributed by atoms with Crippen LogP contribution in [-0.2, 0) is 14.3 Å². The Morgan fingerprint density at radius 2 is 1.61 bits per heavy atom. The van der Waals surface area contributed by atoms with Gasteiger partial charge in [0.25, 0.3) is 11.8 Å². The molecule has 0 radical (unpaired) electrons. The lowest BCUT2D eigenvalue weighted by Crippen LogP contribution is -2.34. The van der Waals surface area contributed by atoms with Crippen LogP contribution in [0.15, 0.2) is 42.5 Å². The van der Waals surface area contributed by atoms with Crippen LogP contribution in [0.1, 0.15) is 41.3 Å². The summed E-state index contributed by atoms with van der Waals surface area (Å²) in [5.74, 6) is -1.66. The summed E-state index contributed by atoms with van der Waals surface area (Å²) in [5.41, 5.74) is 2.25. The summed E-state index contributed by atoms with van der Waals surface area (Å²) in [7, 11) is 0. The maximum atomic E-state index is 12.1. The van der Waals surface area contributed by atoms with E-state index in [9.17, 15) is 23.2 Å². The number of hydrogen-bond donors (Lipinski definition) is 1. The molecule has 0 heterocycles. The molecule has 0 spiro atoms. The number of carbonyl (C=O) groups excluding carboxylic acids is 3. The Balaban J connectivity index is 1.75. The number of nitrogens with one attached hydrogen (secondary N) is 1. The van der Waals surface area contributed by atoms with Crippen LogP contribution in [0.25, 0.3) is 0 Å². The maximum absolute atomic E-state index is 12.1. The number of carbonyl (C=O) groups is 3. The van der Waals surface area contributed by atoms with E-state index in [0.29, 0.717) is 11.7 Å². The Labute approximate surface area is 178 Å². The third-order valence-electron chi connectivity index (χ3n) is 4.18. The zero-order valence-electron chi connectivity index (χ0n) is 17.3. The number of benzene rings is 2. The van der Waals surface area contributed by atoms with Crippen LogP contribution in [0.2, 0.25) is 0 Å². The van der Waals surface area contributed by atoms with Crippen molar-refractivity contribution in [2.75, 3.05) is 13.2 Å².